The van der Waals surface area contributed by atoms with Crippen LogP contribution >= 0.6 is 0 Å². The van der Waals surface area contributed by atoms with Crippen molar-refractivity contribution in [2.75, 3.05) is 27.2 Å². The third-order valence-corrected chi connectivity index (χ3v) is 10.4. The minimum atomic E-state index is -1.02. The fraction of sp³-hybridized carbons (Fsp3) is 0.630. The zero-order valence-corrected chi connectivity index (χ0v) is 35.7. The summed E-state index contributed by atoms with van der Waals surface area (Å²) in [6.45, 7) is 11.0. The van der Waals surface area contributed by atoms with Crippen molar-refractivity contribution in [3.05, 3.63) is 71.8 Å². The molecule has 4 N–H and O–H groups in total. The van der Waals surface area contributed by atoms with Gasteiger partial charge in [0.05, 0.1) is 12.6 Å². The van der Waals surface area contributed by atoms with E-state index in [2.05, 4.69) is 40.3 Å². The molecule has 57 heavy (non-hydrogen) atoms. The number of carbonyl (C=O) groups is 5. The Morgan fingerprint density at radius 1 is 0.632 bits per heavy atom. The monoisotopic (exact) mass is 790 g/mol. The molecule has 1 aliphatic heterocycles. The van der Waals surface area contributed by atoms with Gasteiger partial charge in [0.15, 0.2) is 5.78 Å². The molecule has 0 spiro atoms. The summed E-state index contributed by atoms with van der Waals surface area (Å²) >= 11 is 0. The second-order valence-corrected chi connectivity index (χ2v) is 17.2. The molecule has 0 bridgehead atoms. The molecular weight excluding hydrogens is 719 g/mol. The number of epoxide rings is 1. The van der Waals surface area contributed by atoms with Crippen LogP contribution in [-0.4, -0.2) is 91.3 Å². The van der Waals surface area contributed by atoms with Crippen molar-refractivity contribution < 1.29 is 28.7 Å². The third-order valence-electron chi connectivity index (χ3n) is 10.4. The molecular formula is C46H71N5O6. The minimum Gasteiger partial charge on any atom is -0.361 e. The van der Waals surface area contributed by atoms with Crippen LogP contribution in [0.5, 0.6) is 0 Å². The Morgan fingerprint density at radius 3 is 1.67 bits per heavy atom. The average Bonchev–Trinajstić information content (AvgIpc) is 3.92. The molecule has 0 aliphatic carbocycles. The Kier molecular flexibility index (Phi) is 20.4. The maximum atomic E-state index is 14.1. The summed E-state index contributed by atoms with van der Waals surface area (Å²) in [6, 6.07) is 15.5. The van der Waals surface area contributed by atoms with E-state index in [1.807, 2.05) is 88.4 Å². The van der Waals surface area contributed by atoms with Gasteiger partial charge in [-0.05, 0) is 89.1 Å². The largest absolute Gasteiger partial charge is 0.361 e. The summed E-state index contributed by atoms with van der Waals surface area (Å²) in [7, 11) is 4.18. The molecule has 0 aromatic heterocycles. The Morgan fingerprint density at radius 2 is 1.11 bits per heavy atom. The Hall–Kier alpha value is -4.09. The highest BCUT2D eigenvalue weighted by molar-refractivity contribution is 5.98. The molecule has 1 fully saturated rings. The van der Waals surface area contributed by atoms with Gasteiger partial charge in [-0.25, -0.2) is 0 Å². The van der Waals surface area contributed by atoms with Gasteiger partial charge < -0.3 is 30.9 Å². The van der Waals surface area contributed by atoms with Crippen LogP contribution in [0, 0.1) is 11.8 Å². The van der Waals surface area contributed by atoms with E-state index >= 15 is 0 Å². The molecule has 2 aromatic carbocycles. The second-order valence-electron chi connectivity index (χ2n) is 17.2. The number of aryl methyl sites for hydroxylation is 1. The van der Waals surface area contributed by atoms with Crippen LogP contribution in [0.15, 0.2) is 60.7 Å². The third kappa shape index (κ3) is 18.4. The van der Waals surface area contributed by atoms with Gasteiger partial charge in [-0.2, -0.15) is 0 Å². The Balaban J connectivity index is 1.71. The normalized spacial score (nSPS) is 17.1. The fourth-order valence-corrected chi connectivity index (χ4v) is 6.99. The van der Waals surface area contributed by atoms with Gasteiger partial charge >= 0.3 is 0 Å². The molecule has 1 heterocycles. The van der Waals surface area contributed by atoms with E-state index in [0.29, 0.717) is 38.7 Å². The first kappa shape index (κ1) is 47.3. The van der Waals surface area contributed by atoms with E-state index in [-0.39, 0.29) is 29.9 Å². The number of hydrogen-bond donors (Lipinski definition) is 4. The van der Waals surface area contributed by atoms with Crippen molar-refractivity contribution in [3.63, 3.8) is 0 Å². The number of hydrogen-bond acceptors (Lipinski definition) is 7. The lowest BCUT2D eigenvalue weighted by Gasteiger charge is -2.28. The van der Waals surface area contributed by atoms with Crippen LogP contribution in [0.2, 0.25) is 0 Å². The van der Waals surface area contributed by atoms with Gasteiger partial charge in [-0.15, -0.1) is 0 Å². The summed E-state index contributed by atoms with van der Waals surface area (Å²) in [5.74, 6) is -1.65. The number of amides is 4. The first-order chi connectivity index (χ1) is 27.2. The van der Waals surface area contributed by atoms with Crippen LogP contribution in [-0.2, 0) is 41.6 Å². The maximum absolute atomic E-state index is 14.1. The van der Waals surface area contributed by atoms with Gasteiger partial charge in [0.2, 0.25) is 23.6 Å². The maximum Gasteiger partial charge on any atom is 0.243 e. The first-order valence-corrected chi connectivity index (χ1v) is 21.3. The van der Waals surface area contributed by atoms with E-state index in [9.17, 15) is 24.0 Å². The number of nitrogens with one attached hydrogen (secondary N) is 4. The minimum absolute atomic E-state index is 0.0279. The van der Waals surface area contributed by atoms with Crippen LogP contribution < -0.4 is 21.3 Å². The molecule has 4 amide bonds. The number of unbranched alkanes of at least 4 members (excludes halogenated alkanes) is 6. The van der Waals surface area contributed by atoms with Crippen LogP contribution in [0.1, 0.15) is 116 Å². The quantitative estimate of drug-likeness (QED) is 0.0617. The molecule has 1 saturated heterocycles. The molecule has 3 rings (SSSR count). The predicted molar refractivity (Wildman–Crippen MR) is 226 cm³/mol. The molecule has 0 radical (unpaired) electrons. The fourth-order valence-electron chi connectivity index (χ4n) is 6.99. The zero-order valence-electron chi connectivity index (χ0n) is 35.7. The topological polar surface area (TPSA) is 149 Å². The van der Waals surface area contributed by atoms with Crippen molar-refractivity contribution in [2.45, 2.75) is 148 Å². The zero-order chi connectivity index (χ0) is 41.8. The lowest BCUT2D eigenvalue weighted by molar-refractivity contribution is -0.135. The van der Waals surface area contributed by atoms with E-state index in [1.165, 1.54) is 19.3 Å². The Labute approximate surface area is 342 Å². The standard InChI is InChI=1S/C46H71N5O6/c1-33(2)29-38(42(53)46(5)32-57-46)48-45(56)40(31-36-23-17-14-18-24-36)50-44(55)39(30-34(3)4)49-43(54)37(27-26-35-21-15-13-16-22-35)47-41(52)25-19-11-9-8-10-12-20-28-51(6)7/h13-18,21-24,33-34,37-40H,8-12,19-20,25-32H2,1-7H3,(H,47,52)(H,48,56)(H,49,54)(H,50,55)/t37?,38?,39-,40?,46+/m0/s1. The molecule has 2 aromatic rings. The lowest BCUT2D eigenvalue weighted by Crippen LogP contribution is -2.59. The molecule has 316 valence electrons. The number of nitrogens with zero attached hydrogens (tertiary/aromatic N) is 1. The number of ether oxygens (including phenoxy) is 1. The van der Waals surface area contributed by atoms with Crippen molar-refractivity contribution in [2.24, 2.45) is 11.8 Å². The molecule has 1 aliphatic rings. The van der Waals surface area contributed by atoms with Gasteiger partial charge in [0.1, 0.15) is 23.7 Å². The second kappa shape index (κ2) is 24.6. The summed E-state index contributed by atoms with van der Waals surface area (Å²) in [6.07, 6.45) is 9.70. The van der Waals surface area contributed by atoms with Crippen molar-refractivity contribution in [1.29, 1.82) is 0 Å². The van der Waals surface area contributed by atoms with E-state index in [4.69, 9.17) is 4.74 Å². The van der Waals surface area contributed by atoms with E-state index in [0.717, 1.165) is 43.4 Å². The first-order valence-electron chi connectivity index (χ1n) is 21.3. The number of rotatable bonds is 28. The summed E-state index contributed by atoms with van der Waals surface area (Å²) in [5, 5.41) is 11.8. The van der Waals surface area contributed by atoms with Gasteiger partial charge in [-0.3, -0.25) is 24.0 Å². The van der Waals surface area contributed by atoms with Gasteiger partial charge in [0, 0.05) is 12.8 Å². The van der Waals surface area contributed by atoms with Crippen LogP contribution in [0.3, 0.4) is 0 Å². The highest BCUT2D eigenvalue weighted by atomic mass is 16.6. The highest BCUT2D eigenvalue weighted by Gasteiger charge is 2.50. The van der Waals surface area contributed by atoms with E-state index < -0.39 is 47.5 Å². The molecule has 11 heteroatoms. The summed E-state index contributed by atoms with van der Waals surface area (Å²) < 4.78 is 5.42. The SMILES string of the molecule is CC(C)CC(NC(=O)C(Cc1ccccc1)NC(=O)[C@H](CC(C)C)NC(=O)C(CCc1ccccc1)NC(=O)CCCCCCCCCN(C)C)C(=O)[C@@]1(C)CO1. The van der Waals surface area contributed by atoms with E-state index in [1.54, 1.807) is 6.92 Å². The van der Waals surface area contributed by atoms with Gasteiger partial charge in [-0.1, -0.05) is 120 Å². The predicted octanol–water partition coefficient (Wildman–Crippen LogP) is 5.93. The molecule has 5 atom stereocenters. The van der Waals surface area contributed by atoms with Crippen LogP contribution in [0.25, 0.3) is 0 Å². The van der Waals surface area contributed by atoms with Crippen molar-refractivity contribution >= 4 is 29.4 Å². The lowest BCUT2D eigenvalue weighted by atomic mass is 9.93. The van der Waals surface area contributed by atoms with Gasteiger partial charge in [0.25, 0.3) is 0 Å². The number of ketones is 1. The number of Topliss-reactive ketones (excluding diaryl/α,β-unsaturated/α-hetero) is 1. The average molecular weight is 790 g/mol. The number of benzene rings is 2. The highest BCUT2D eigenvalue weighted by Crippen LogP contribution is 2.29. The van der Waals surface area contributed by atoms with Crippen molar-refractivity contribution in [1.82, 2.24) is 26.2 Å². The smallest absolute Gasteiger partial charge is 0.243 e. The summed E-state index contributed by atoms with van der Waals surface area (Å²) in [4.78, 5) is 71.0. The molecule has 11 nitrogen and oxygen atoms in total. The van der Waals surface area contributed by atoms with Crippen molar-refractivity contribution in [3.8, 4) is 0 Å². The summed E-state index contributed by atoms with van der Waals surface area (Å²) in [5.41, 5.74) is 0.948. The van der Waals surface area contributed by atoms with Crippen LogP contribution in [0.4, 0.5) is 0 Å². The molecule has 0 saturated carbocycles. The Bertz CT molecular complexity index is 1530. The number of carbonyl (C=O) groups excluding carboxylic acids is 5. The molecule has 3 unspecified atom stereocenters.